The van der Waals surface area contributed by atoms with Crippen LogP contribution in [-0.2, 0) is 23.5 Å². The Kier molecular flexibility index (Phi) is 5.06. The second-order valence-electron chi connectivity index (χ2n) is 5.30. The molecule has 1 aliphatic heterocycles. The maximum atomic E-state index is 13.2. The highest BCUT2D eigenvalue weighted by Gasteiger charge is 2.26. The number of esters is 1. The van der Waals surface area contributed by atoms with Crippen molar-refractivity contribution in [2.24, 2.45) is 0 Å². The second kappa shape index (κ2) is 7.05. The topological polar surface area (TPSA) is 44.1 Å². The van der Waals surface area contributed by atoms with Gasteiger partial charge in [-0.1, -0.05) is 0 Å². The third-order valence-electron chi connectivity index (χ3n) is 3.81. The Morgan fingerprint density at radius 1 is 1.48 bits per heavy atom. The van der Waals surface area contributed by atoms with Gasteiger partial charge in [-0.3, -0.25) is 4.68 Å². The zero-order chi connectivity index (χ0) is 16.4. The van der Waals surface area contributed by atoms with Crippen LogP contribution in [-0.4, -0.2) is 22.9 Å². The minimum absolute atomic E-state index is 0.283. The van der Waals surface area contributed by atoms with Gasteiger partial charge < -0.3 is 4.74 Å². The summed E-state index contributed by atoms with van der Waals surface area (Å²) in [6.07, 6.45) is 2.99. The number of aromatic nitrogens is 2. The molecule has 0 bridgehead atoms. The Bertz CT molecular complexity index is 748. The molecule has 0 N–H and O–H groups in total. The molecule has 23 heavy (non-hydrogen) atoms. The van der Waals surface area contributed by atoms with Crippen molar-refractivity contribution in [1.29, 1.82) is 0 Å². The molecule has 122 valence electrons. The maximum Gasteiger partial charge on any atom is 0.341 e. The van der Waals surface area contributed by atoms with Crippen LogP contribution in [0.5, 0.6) is 0 Å². The van der Waals surface area contributed by atoms with Crippen LogP contribution in [0.1, 0.15) is 34.6 Å². The van der Waals surface area contributed by atoms with E-state index in [2.05, 4.69) is 21.0 Å². The summed E-state index contributed by atoms with van der Waals surface area (Å²) in [7, 11) is 1.39. The van der Waals surface area contributed by atoms with E-state index in [0.717, 1.165) is 42.1 Å². The molecule has 0 saturated heterocycles. The summed E-state index contributed by atoms with van der Waals surface area (Å²) in [5.41, 5.74) is 2.30. The largest absolute Gasteiger partial charge is 0.465 e. The first kappa shape index (κ1) is 16.5. The number of nitrogens with zero attached hydrogens (tertiary/aromatic N) is 2. The average Bonchev–Trinajstić information content (AvgIpc) is 2.91. The van der Waals surface area contributed by atoms with Gasteiger partial charge in [0.15, 0.2) is 0 Å². The number of hydrogen-bond donors (Lipinski definition) is 0. The Morgan fingerprint density at radius 3 is 3.04 bits per heavy atom. The fourth-order valence-electron chi connectivity index (χ4n) is 2.72. The van der Waals surface area contributed by atoms with Crippen molar-refractivity contribution >= 4 is 33.7 Å². The number of rotatable bonds is 4. The van der Waals surface area contributed by atoms with E-state index < -0.39 is 0 Å². The molecule has 2 heterocycles. The predicted octanol–water partition coefficient (Wildman–Crippen LogP) is 4.20. The molecule has 7 heteroatoms. The van der Waals surface area contributed by atoms with Gasteiger partial charge in [0, 0.05) is 21.7 Å². The van der Waals surface area contributed by atoms with Gasteiger partial charge in [-0.25, -0.2) is 9.18 Å². The number of thioether (sulfide) groups is 1. The van der Waals surface area contributed by atoms with Crippen LogP contribution in [0.15, 0.2) is 27.6 Å². The van der Waals surface area contributed by atoms with Crippen molar-refractivity contribution in [2.75, 3.05) is 7.11 Å². The molecular weight excluding hydrogens is 383 g/mol. The fraction of sp³-hybridized carbons (Fsp3) is 0.375. The summed E-state index contributed by atoms with van der Waals surface area (Å²) in [4.78, 5) is 13.1. The standard InChI is InChI=1S/C16H16BrFN2O2S/c1-22-16(21)15-12(19-20-7-3-2-4-13(15)20)9-23-14-6-5-10(18)8-11(14)17/h5-6,8H,2-4,7,9H2,1H3. The molecule has 2 aromatic rings. The van der Waals surface area contributed by atoms with Crippen LogP contribution in [0.2, 0.25) is 0 Å². The van der Waals surface area contributed by atoms with E-state index in [1.54, 1.807) is 6.07 Å². The van der Waals surface area contributed by atoms with E-state index in [1.165, 1.54) is 31.0 Å². The quantitative estimate of drug-likeness (QED) is 0.571. The number of carbonyl (C=O) groups is 1. The molecule has 1 aromatic carbocycles. The minimum atomic E-state index is -0.332. The lowest BCUT2D eigenvalue weighted by molar-refractivity contribution is 0.0598. The second-order valence-corrected chi connectivity index (χ2v) is 7.18. The normalized spacial score (nSPS) is 13.7. The highest BCUT2D eigenvalue weighted by molar-refractivity contribution is 9.10. The Hall–Kier alpha value is -1.34. The average molecular weight is 399 g/mol. The predicted molar refractivity (Wildman–Crippen MR) is 90.2 cm³/mol. The first-order chi connectivity index (χ1) is 11.1. The van der Waals surface area contributed by atoms with Gasteiger partial charge in [0.25, 0.3) is 0 Å². The summed E-state index contributed by atoms with van der Waals surface area (Å²) in [6.45, 7) is 0.838. The van der Waals surface area contributed by atoms with Crippen LogP contribution >= 0.6 is 27.7 Å². The number of aryl methyl sites for hydroxylation is 1. The van der Waals surface area contributed by atoms with E-state index >= 15 is 0 Å². The first-order valence-corrected chi connectivity index (χ1v) is 9.12. The number of ether oxygens (including phenoxy) is 1. The van der Waals surface area contributed by atoms with Gasteiger partial charge in [0.2, 0.25) is 0 Å². The van der Waals surface area contributed by atoms with Gasteiger partial charge in [-0.2, -0.15) is 5.10 Å². The number of hydrogen-bond acceptors (Lipinski definition) is 4. The van der Waals surface area contributed by atoms with E-state index in [1.807, 2.05) is 4.68 Å². The highest BCUT2D eigenvalue weighted by Crippen LogP contribution is 2.32. The number of benzene rings is 1. The Morgan fingerprint density at radius 2 is 2.30 bits per heavy atom. The molecular formula is C16H16BrFN2O2S. The minimum Gasteiger partial charge on any atom is -0.465 e. The number of halogens is 2. The van der Waals surface area contributed by atoms with Crippen LogP contribution < -0.4 is 0 Å². The molecule has 0 amide bonds. The van der Waals surface area contributed by atoms with Gasteiger partial charge in [-0.15, -0.1) is 11.8 Å². The summed E-state index contributed by atoms with van der Waals surface area (Å²) in [5.74, 6) is -0.0786. The third-order valence-corrected chi connectivity index (χ3v) is 5.81. The van der Waals surface area contributed by atoms with Crippen molar-refractivity contribution in [3.05, 3.63) is 45.4 Å². The lowest BCUT2D eigenvalue weighted by Crippen LogP contribution is -2.14. The summed E-state index contributed by atoms with van der Waals surface area (Å²) >= 11 is 4.88. The summed E-state index contributed by atoms with van der Waals surface area (Å²) < 4.78 is 20.7. The Balaban J connectivity index is 1.87. The molecule has 3 rings (SSSR count). The van der Waals surface area contributed by atoms with Crippen molar-refractivity contribution in [1.82, 2.24) is 9.78 Å². The lowest BCUT2D eigenvalue weighted by Gasteiger charge is -2.13. The van der Waals surface area contributed by atoms with Crippen LogP contribution in [0.4, 0.5) is 4.39 Å². The van der Waals surface area contributed by atoms with Crippen molar-refractivity contribution < 1.29 is 13.9 Å². The molecule has 0 atom stereocenters. The third kappa shape index (κ3) is 3.45. The maximum absolute atomic E-state index is 13.2. The van der Waals surface area contributed by atoms with E-state index in [0.29, 0.717) is 15.8 Å². The van der Waals surface area contributed by atoms with Gasteiger partial charge in [0.05, 0.1) is 18.5 Å². The van der Waals surface area contributed by atoms with Crippen molar-refractivity contribution in [3.8, 4) is 0 Å². The van der Waals surface area contributed by atoms with E-state index in [9.17, 15) is 9.18 Å². The zero-order valence-electron chi connectivity index (χ0n) is 12.6. The van der Waals surface area contributed by atoms with Crippen molar-refractivity contribution in [2.45, 2.75) is 36.5 Å². The first-order valence-electron chi connectivity index (χ1n) is 7.35. The highest BCUT2D eigenvalue weighted by atomic mass is 79.9. The Labute approximate surface area is 146 Å². The molecule has 0 aliphatic carbocycles. The SMILES string of the molecule is COC(=O)c1c(CSc2ccc(F)cc2Br)nn2c1CCCC2. The molecule has 0 radical (unpaired) electrons. The summed E-state index contributed by atoms with van der Waals surface area (Å²) in [5, 5.41) is 4.59. The zero-order valence-corrected chi connectivity index (χ0v) is 15.0. The number of carbonyl (C=O) groups excluding carboxylic acids is 1. The molecule has 1 aromatic heterocycles. The molecule has 0 fully saturated rings. The monoisotopic (exact) mass is 398 g/mol. The fourth-order valence-corrected chi connectivity index (χ4v) is 4.27. The van der Waals surface area contributed by atoms with Crippen molar-refractivity contribution in [3.63, 3.8) is 0 Å². The van der Waals surface area contributed by atoms with Crippen LogP contribution in [0.25, 0.3) is 0 Å². The van der Waals surface area contributed by atoms with Crippen LogP contribution in [0, 0.1) is 5.82 Å². The molecule has 0 spiro atoms. The van der Waals surface area contributed by atoms with E-state index in [4.69, 9.17) is 4.74 Å². The molecule has 0 unspecified atom stereocenters. The number of fused-ring (bicyclic) bond motifs is 1. The van der Waals surface area contributed by atoms with Crippen LogP contribution in [0.3, 0.4) is 0 Å². The lowest BCUT2D eigenvalue weighted by atomic mass is 10.1. The van der Waals surface area contributed by atoms with Gasteiger partial charge >= 0.3 is 5.97 Å². The number of methoxy groups -OCH3 is 1. The molecule has 1 aliphatic rings. The van der Waals surface area contributed by atoms with Gasteiger partial charge in [-0.05, 0) is 53.4 Å². The molecule has 0 saturated carbocycles. The molecule has 4 nitrogen and oxygen atoms in total. The summed E-state index contributed by atoms with van der Waals surface area (Å²) in [6, 6.07) is 4.58. The van der Waals surface area contributed by atoms with Gasteiger partial charge in [0.1, 0.15) is 11.4 Å². The van der Waals surface area contributed by atoms with E-state index in [-0.39, 0.29) is 11.8 Å². The smallest absolute Gasteiger partial charge is 0.341 e.